The van der Waals surface area contributed by atoms with Gasteiger partial charge in [0.2, 0.25) is 5.91 Å². The molecule has 0 saturated carbocycles. The van der Waals surface area contributed by atoms with E-state index in [1.54, 1.807) is 19.2 Å². The molecule has 25 heavy (non-hydrogen) atoms. The Bertz CT molecular complexity index is 577. The lowest BCUT2D eigenvalue weighted by Gasteiger charge is -2.21. The maximum absolute atomic E-state index is 12.2. The van der Waals surface area contributed by atoms with Crippen LogP contribution in [0.5, 0.6) is 5.75 Å². The standard InChI is InChI=1S/C16H24F2N4O2.HI/c1-16(2,3)22-13(23)10-21-15(19-4)20-9-11-6-5-7-12(8-11)24-14(17)18;/h5-8,14H,9-10H2,1-4H3,(H,22,23)(H2,19,20,21);1H. The second kappa shape index (κ2) is 11.1. The first-order valence-electron chi connectivity index (χ1n) is 7.49. The van der Waals surface area contributed by atoms with Crippen molar-refractivity contribution in [2.45, 2.75) is 39.5 Å². The molecule has 0 fully saturated rings. The van der Waals surface area contributed by atoms with Gasteiger partial charge in [-0.25, -0.2) is 0 Å². The number of guanidine groups is 1. The molecule has 0 atom stereocenters. The molecular weight excluding hydrogens is 445 g/mol. The Morgan fingerprint density at radius 2 is 1.96 bits per heavy atom. The maximum atomic E-state index is 12.2. The van der Waals surface area contributed by atoms with Crippen molar-refractivity contribution < 1.29 is 18.3 Å². The summed E-state index contributed by atoms with van der Waals surface area (Å²) in [5.74, 6) is 0.369. The minimum Gasteiger partial charge on any atom is -0.435 e. The van der Waals surface area contributed by atoms with E-state index in [4.69, 9.17) is 0 Å². The van der Waals surface area contributed by atoms with Crippen LogP contribution in [-0.2, 0) is 11.3 Å². The zero-order valence-corrected chi connectivity index (χ0v) is 17.1. The highest BCUT2D eigenvalue weighted by Gasteiger charge is 2.13. The molecule has 0 aliphatic carbocycles. The quantitative estimate of drug-likeness (QED) is 0.340. The van der Waals surface area contributed by atoms with Gasteiger partial charge in [-0.3, -0.25) is 9.79 Å². The second-order valence-corrected chi connectivity index (χ2v) is 6.10. The van der Waals surface area contributed by atoms with Crippen LogP contribution in [0.2, 0.25) is 0 Å². The lowest BCUT2D eigenvalue weighted by Crippen LogP contribution is -2.48. The number of hydrogen-bond donors (Lipinski definition) is 3. The molecular formula is C16H25F2IN4O2. The van der Waals surface area contributed by atoms with Gasteiger partial charge in [0, 0.05) is 19.1 Å². The first kappa shape index (κ1) is 23.4. The smallest absolute Gasteiger partial charge is 0.387 e. The van der Waals surface area contributed by atoms with E-state index in [1.165, 1.54) is 12.1 Å². The number of alkyl halides is 2. The van der Waals surface area contributed by atoms with Gasteiger partial charge in [-0.15, -0.1) is 24.0 Å². The van der Waals surface area contributed by atoms with Crippen LogP contribution in [0.15, 0.2) is 29.3 Å². The molecule has 0 aromatic heterocycles. The summed E-state index contributed by atoms with van der Waals surface area (Å²) in [6.45, 7) is 3.25. The number of halogens is 3. The monoisotopic (exact) mass is 470 g/mol. The van der Waals surface area contributed by atoms with Crippen LogP contribution in [0, 0.1) is 0 Å². The molecule has 0 radical (unpaired) electrons. The van der Waals surface area contributed by atoms with Gasteiger partial charge >= 0.3 is 6.61 Å². The Kier molecular flexibility index (Phi) is 10.3. The van der Waals surface area contributed by atoms with E-state index in [9.17, 15) is 13.6 Å². The van der Waals surface area contributed by atoms with Gasteiger partial charge in [0.05, 0.1) is 6.54 Å². The third-order valence-corrected chi connectivity index (χ3v) is 2.74. The Morgan fingerprint density at radius 3 is 2.52 bits per heavy atom. The van der Waals surface area contributed by atoms with E-state index >= 15 is 0 Å². The van der Waals surface area contributed by atoms with Crippen LogP contribution in [0.1, 0.15) is 26.3 Å². The zero-order chi connectivity index (χ0) is 18.2. The Hall–Kier alpha value is -1.65. The van der Waals surface area contributed by atoms with Gasteiger partial charge in [-0.05, 0) is 38.5 Å². The number of nitrogens with one attached hydrogen (secondary N) is 3. The highest BCUT2D eigenvalue weighted by molar-refractivity contribution is 14.0. The third-order valence-electron chi connectivity index (χ3n) is 2.74. The van der Waals surface area contributed by atoms with E-state index in [0.29, 0.717) is 12.5 Å². The molecule has 3 N–H and O–H groups in total. The van der Waals surface area contributed by atoms with E-state index in [2.05, 4.69) is 25.7 Å². The Labute approximate surface area is 163 Å². The van der Waals surface area contributed by atoms with E-state index in [0.717, 1.165) is 5.56 Å². The summed E-state index contributed by atoms with van der Waals surface area (Å²) in [7, 11) is 1.58. The Morgan fingerprint density at radius 1 is 1.28 bits per heavy atom. The van der Waals surface area contributed by atoms with Gasteiger partial charge in [0.1, 0.15) is 5.75 Å². The first-order valence-corrected chi connectivity index (χ1v) is 7.49. The molecule has 0 aliphatic heterocycles. The summed E-state index contributed by atoms with van der Waals surface area (Å²) in [4.78, 5) is 15.8. The molecule has 0 spiro atoms. The summed E-state index contributed by atoms with van der Waals surface area (Å²) in [6.07, 6.45) is 0. The Balaban J connectivity index is 0.00000576. The van der Waals surface area contributed by atoms with Crippen LogP contribution in [0.25, 0.3) is 0 Å². The minimum atomic E-state index is -2.86. The lowest BCUT2D eigenvalue weighted by atomic mass is 10.1. The summed E-state index contributed by atoms with van der Waals surface area (Å²) >= 11 is 0. The van der Waals surface area contributed by atoms with Crippen LogP contribution >= 0.6 is 24.0 Å². The topological polar surface area (TPSA) is 74.8 Å². The molecule has 1 amide bonds. The number of ether oxygens (including phenoxy) is 1. The van der Waals surface area contributed by atoms with Crippen molar-refractivity contribution in [3.8, 4) is 5.75 Å². The van der Waals surface area contributed by atoms with E-state index < -0.39 is 6.61 Å². The first-order chi connectivity index (χ1) is 11.2. The van der Waals surface area contributed by atoms with Crippen LogP contribution < -0.4 is 20.7 Å². The number of benzene rings is 1. The van der Waals surface area contributed by atoms with E-state index in [1.807, 2.05) is 20.8 Å². The summed E-state index contributed by atoms with van der Waals surface area (Å²) in [5, 5.41) is 8.71. The van der Waals surface area contributed by atoms with E-state index in [-0.39, 0.29) is 47.7 Å². The third kappa shape index (κ3) is 10.7. The van der Waals surface area contributed by atoms with Gasteiger partial charge in [-0.1, -0.05) is 12.1 Å². The molecule has 142 valence electrons. The van der Waals surface area contributed by atoms with Gasteiger partial charge in [0.15, 0.2) is 5.96 Å². The molecule has 0 aliphatic rings. The average Bonchev–Trinajstić information content (AvgIpc) is 2.45. The largest absolute Gasteiger partial charge is 0.435 e. The fraction of sp³-hybridized carbons (Fsp3) is 0.500. The van der Waals surface area contributed by atoms with Crippen LogP contribution in [-0.4, -0.2) is 37.6 Å². The van der Waals surface area contributed by atoms with Crippen molar-refractivity contribution >= 4 is 35.8 Å². The van der Waals surface area contributed by atoms with Crippen LogP contribution in [0.3, 0.4) is 0 Å². The fourth-order valence-electron chi connectivity index (χ4n) is 1.86. The van der Waals surface area contributed by atoms with Gasteiger partial charge in [-0.2, -0.15) is 8.78 Å². The van der Waals surface area contributed by atoms with Crippen molar-refractivity contribution in [1.82, 2.24) is 16.0 Å². The maximum Gasteiger partial charge on any atom is 0.387 e. The van der Waals surface area contributed by atoms with Crippen molar-refractivity contribution in [3.63, 3.8) is 0 Å². The summed E-state index contributed by atoms with van der Waals surface area (Å²) in [6, 6.07) is 6.37. The molecule has 9 heteroatoms. The fourth-order valence-corrected chi connectivity index (χ4v) is 1.86. The van der Waals surface area contributed by atoms with Gasteiger partial charge in [0.25, 0.3) is 0 Å². The second-order valence-electron chi connectivity index (χ2n) is 6.10. The number of hydrogen-bond acceptors (Lipinski definition) is 3. The normalized spacial score (nSPS) is 11.6. The minimum absolute atomic E-state index is 0. The average molecular weight is 470 g/mol. The molecule has 1 rings (SSSR count). The van der Waals surface area contributed by atoms with Crippen molar-refractivity contribution in [1.29, 1.82) is 0 Å². The summed E-state index contributed by atoms with van der Waals surface area (Å²) in [5.41, 5.74) is 0.441. The van der Waals surface area contributed by atoms with Crippen molar-refractivity contribution in [2.75, 3.05) is 13.6 Å². The number of aliphatic imine (C=N–C) groups is 1. The molecule has 0 heterocycles. The molecule has 0 unspecified atom stereocenters. The lowest BCUT2D eigenvalue weighted by molar-refractivity contribution is -0.121. The highest BCUT2D eigenvalue weighted by atomic mass is 127. The molecule has 1 aromatic carbocycles. The zero-order valence-electron chi connectivity index (χ0n) is 14.7. The SMILES string of the molecule is CN=C(NCC(=O)NC(C)(C)C)NCc1cccc(OC(F)F)c1.I. The van der Waals surface area contributed by atoms with Crippen molar-refractivity contribution in [3.05, 3.63) is 29.8 Å². The van der Waals surface area contributed by atoms with Crippen LogP contribution in [0.4, 0.5) is 8.78 Å². The predicted octanol–water partition coefficient (Wildman–Crippen LogP) is 2.49. The molecule has 1 aromatic rings. The number of nitrogens with zero attached hydrogens (tertiary/aromatic N) is 1. The predicted molar refractivity (Wildman–Crippen MR) is 105 cm³/mol. The number of rotatable bonds is 6. The summed E-state index contributed by atoms with van der Waals surface area (Å²) < 4.78 is 28.8. The highest BCUT2D eigenvalue weighted by Crippen LogP contribution is 2.15. The molecule has 0 saturated heterocycles. The molecule has 6 nitrogen and oxygen atoms in total. The number of carbonyl (C=O) groups excluding carboxylic acids is 1. The van der Waals surface area contributed by atoms with Gasteiger partial charge < -0.3 is 20.7 Å². The van der Waals surface area contributed by atoms with Crippen molar-refractivity contribution in [2.24, 2.45) is 4.99 Å². The number of carbonyl (C=O) groups is 1. The number of amides is 1. The molecule has 0 bridgehead atoms.